The minimum absolute atomic E-state index is 0.0375. The van der Waals surface area contributed by atoms with E-state index in [0.717, 1.165) is 6.42 Å². The molecule has 1 aromatic rings. The Hall–Kier alpha value is -1.85. The van der Waals surface area contributed by atoms with Crippen LogP contribution in [0.5, 0.6) is 11.5 Å². The molecule has 0 heterocycles. The lowest BCUT2D eigenvalue weighted by Gasteiger charge is -2.13. The Bertz CT molecular complexity index is 438. The molecule has 19 heavy (non-hydrogen) atoms. The van der Waals surface area contributed by atoms with E-state index in [-0.39, 0.29) is 23.4 Å². The molecule has 1 aromatic carbocycles. The fourth-order valence-electron chi connectivity index (χ4n) is 1.41. The largest absolute Gasteiger partial charge is 0.493 e. The van der Waals surface area contributed by atoms with Crippen LogP contribution in [0.2, 0.25) is 0 Å². The lowest BCUT2D eigenvalue weighted by atomic mass is 10.1. The highest BCUT2D eigenvalue weighted by atomic mass is 19.3. The van der Waals surface area contributed by atoms with Gasteiger partial charge in [-0.15, -0.1) is 0 Å². The van der Waals surface area contributed by atoms with E-state index in [4.69, 9.17) is 4.74 Å². The number of hydrogen-bond donors (Lipinski definition) is 1. The number of methoxy groups -OCH3 is 1. The standard InChI is InChI=1S/C13H17F2NO3/c1-4-8(2)16-12(17)9-5-6-10(19-13(14)15)11(7-9)18-3/h5-8,13H,4H2,1-3H3,(H,16,17). The van der Waals surface area contributed by atoms with Crippen molar-refractivity contribution in [2.45, 2.75) is 32.9 Å². The molecule has 1 N–H and O–H groups in total. The number of amides is 1. The Kier molecular flexibility index (Phi) is 5.54. The summed E-state index contributed by atoms with van der Waals surface area (Å²) < 4.78 is 33.5. The summed E-state index contributed by atoms with van der Waals surface area (Å²) in [6.07, 6.45) is 0.801. The van der Waals surface area contributed by atoms with Gasteiger partial charge in [0.1, 0.15) is 0 Å². The zero-order valence-corrected chi connectivity index (χ0v) is 11.1. The first-order valence-electron chi connectivity index (χ1n) is 5.91. The summed E-state index contributed by atoms with van der Waals surface area (Å²) in [5.74, 6) is -0.286. The number of hydrogen-bond acceptors (Lipinski definition) is 3. The van der Waals surface area contributed by atoms with Crippen molar-refractivity contribution in [3.05, 3.63) is 23.8 Å². The molecule has 1 rings (SSSR count). The summed E-state index contributed by atoms with van der Waals surface area (Å²) in [5, 5.41) is 2.77. The van der Waals surface area contributed by atoms with Crippen LogP contribution < -0.4 is 14.8 Å². The molecule has 1 unspecified atom stereocenters. The number of halogens is 2. The van der Waals surface area contributed by atoms with Crippen LogP contribution >= 0.6 is 0 Å². The first-order chi connectivity index (χ1) is 8.97. The van der Waals surface area contributed by atoms with E-state index in [1.807, 2.05) is 13.8 Å². The van der Waals surface area contributed by atoms with Crippen LogP contribution in [0.4, 0.5) is 8.78 Å². The van der Waals surface area contributed by atoms with E-state index < -0.39 is 6.61 Å². The number of carbonyl (C=O) groups excluding carboxylic acids is 1. The van der Waals surface area contributed by atoms with Crippen molar-refractivity contribution >= 4 is 5.91 Å². The second-order valence-electron chi connectivity index (χ2n) is 4.03. The van der Waals surface area contributed by atoms with Crippen molar-refractivity contribution in [2.75, 3.05) is 7.11 Å². The van der Waals surface area contributed by atoms with Crippen molar-refractivity contribution < 1.29 is 23.0 Å². The molecule has 0 bridgehead atoms. The lowest BCUT2D eigenvalue weighted by molar-refractivity contribution is -0.0512. The van der Waals surface area contributed by atoms with Gasteiger partial charge in [-0.1, -0.05) is 6.92 Å². The molecule has 4 nitrogen and oxygen atoms in total. The molecule has 0 saturated carbocycles. The predicted molar refractivity (Wildman–Crippen MR) is 66.8 cm³/mol. The predicted octanol–water partition coefficient (Wildman–Crippen LogP) is 2.82. The topological polar surface area (TPSA) is 47.6 Å². The Morgan fingerprint density at radius 1 is 1.37 bits per heavy atom. The Morgan fingerprint density at radius 3 is 2.58 bits per heavy atom. The smallest absolute Gasteiger partial charge is 0.387 e. The third-order valence-corrected chi connectivity index (χ3v) is 2.63. The quantitative estimate of drug-likeness (QED) is 0.867. The number of nitrogens with one attached hydrogen (secondary N) is 1. The molecule has 1 amide bonds. The van der Waals surface area contributed by atoms with Crippen LogP contribution in [0, 0.1) is 0 Å². The van der Waals surface area contributed by atoms with Gasteiger partial charge in [0, 0.05) is 11.6 Å². The minimum Gasteiger partial charge on any atom is -0.493 e. The highest BCUT2D eigenvalue weighted by Crippen LogP contribution is 2.29. The number of alkyl halides is 2. The van der Waals surface area contributed by atoms with E-state index in [9.17, 15) is 13.6 Å². The second-order valence-corrected chi connectivity index (χ2v) is 4.03. The summed E-state index contributed by atoms with van der Waals surface area (Å²) in [5.41, 5.74) is 0.332. The summed E-state index contributed by atoms with van der Waals surface area (Å²) in [4.78, 5) is 11.9. The van der Waals surface area contributed by atoms with E-state index in [2.05, 4.69) is 10.1 Å². The van der Waals surface area contributed by atoms with Crippen molar-refractivity contribution in [1.82, 2.24) is 5.32 Å². The van der Waals surface area contributed by atoms with E-state index in [0.29, 0.717) is 5.56 Å². The number of rotatable bonds is 6. The Balaban J connectivity index is 2.90. The fourth-order valence-corrected chi connectivity index (χ4v) is 1.41. The molecule has 0 spiro atoms. The van der Waals surface area contributed by atoms with Crippen LogP contribution in [-0.2, 0) is 0 Å². The minimum atomic E-state index is -2.94. The lowest BCUT2D eigenvalue weighted by Crippen LogP contribution is -2.31. The zero-order chi connectivity index (χ0) is 14.4. The summed E-state index contributed by atoms with van der Waals surface area (Å²) in [7, 11) is 1.32. The third-order valence-electron chi connectivity index (χ3n) is 2.63. The summed E-state index contributed by atoms with van der Waals surface area (Å²) in [6.45, 7) is 0.891. The fraction of sp³-hybridized carbons (Fsp3) is 0.462. The van der Waals surface area contributed by atoms with Gasteiger partial charge in [-0.05, 0) is 31.5 Å². The van der Waals surface area contributed by atoms with Crippen LogP contribution in [0.15, 0.2) is 18.2 Å². The highest BCUT2D eigenvalue weighted by Gasteiger charge is 2.14. The van der Waals surface area contributed by atoms with Gasteiger partial charge < -0.3 is 14.8 Å². The van der Waals surface area contributed by atoms with Gasteiger partial charge >= 0.3 is 6.61 Å². The maximum absolute atomic E-state index is 12.2. The summed E-state index contributed by atoms with van der Waals surface area (Å²) in [6, 6.07) is 4.11. The van der Waals surface area contributed by atoms with Gasteiger partial charge in [0.2, 0.25) is 0 Å². The van der Waals surface area contributed by atoms with Gasteiger partial charge in [0.15, 0.2) is 11.5 Å². The van der Waals surface area contributed by atoms with Crippen LogP contribution in [0.3, 0.4) is 0 Å². The number of carbonyl (C=O) groups is 1. The van der Waals surface area contributed by atoms with Gasteiger partial charge in [0.05, 0.1) is 7.11 Å². The third kappa shape index (κ3) is 4.39. The second kappa shape index (κ2) is 6.92. The zero-order valence-electron chi connectivity index (χ0n) is 11.1. The van der Waals surface area contributed by atoms with Gasteiger partial charge in [-0.25, -0.2) is 0 Å². The molecule has 6 heteroatoms. The monoisotopic (exact) mass is 273 g/mol. The normalized spacial score (nSPS) is 12.1. The SMILES string of the molecule is CCC(C)NC(=O)c1ccc(OC(F)F)c(OC)c1. The number of ether oxygens (including phenoxy) is 2. The average Bonchev–Trinajstić information content (AvgIpc) is 2.38. The van der Waals surface area contributed by atoms with Gasteiger partial charge in [0.25, 0.3) is 5.91 Å². The molecule has 0 aliphatic carbocycles. The van der Waals surface area contributed by atoms with Crippen LogP contribution in [-0.4, -0.2) is 25.7 Å². The molecule has 0 radical (unpaired) electrons. The molecular weight excluding hydrogens is 256 g/mol. The van der Waals surface area contributed by atoms with Crippen molar-refractivity contribution in [3.8, 4) is 11.5 Å². The molecular formula is C13H17F2NO3. The maximum atomic E-state index is 12.2. The Labute approximate surface area is 110 Å². The van der Waals surface area contributed by atoms with Crippen molar-refractivity contribution in [3.63, 3.8) is 0 Å². The van der Waals surface area contributed by atoms with Gasteiger partial charge in [-0.2, -0.15) is 8.78 Å². The highest BCUT2D eigenvalue weighted by molar-refractivity contribution is 5.95. The average molecular weight is 273 g/mol. The molecule has 0 aromatic heterocycles. The Morgan fingerprint density at radius 2 is 2.05 bits per heavy atom. The van der Waals surface area contributed by atoms with E-state index in [1.54, 1.807) is 0 Å². The molecule has 1 atom stereocenters. The molecule has 0 aliphatic heterocycles. The maximum Gasteiger partial charge on any atom is 0.387 e. The van der Waals surface area contributed by atoms with E-state index >= 15 is 0 Å². The van der Waals surface area contributed by atoms with Crippen molar-refractivity contribution in [1.29, 1.82) is 0 Å². The van der Waals surface area contributed by atoms with Gasteiger partial charge in [-0.3, -0.25) is 4.79 Å². The summed E-state index contributed by atoms with van der Waals surface area (Å²) >= 11 is 0. The van der Waals surface area contributed by atoms with E-state index in [1.165, 1.54) is 25.3 Å². The van der Waals surface area contributed by atoms with Crippen molar-refractivity contribution in [2.24, 2.45) is 0 Å². The van der Waals surface area contributed by atoms with Crippen LogP contribution in [0.1, 0.15) is 30.6 Å². The first-order valence-corrected chi connectivity index (χ1v) is 5.91. The molecule has 0 aliphatic rings. The number of benzene rings is 1. The molecule has 0 saturated heterocycles. The molecule has 106 valence electrons. The molecule has 0 fully saturated rings. The van der Waals surface area contributed by atoms with Crippen LogP contribution in [0.25, 0.3) is 0 Å². The first kappa shape index (κ1) is 15.2.